The van der Waals surface area contributed by atoms with Gasteiger partial charge in [0.15, 0.2) is 15.8 Å². The number of nitrogens with zero attached hydrogens (tertiary/aromatic N) is 3. The summed E-state index contributed by atoms with van der Waals surface area (Å²) in [6, 6.07) is 22.2. The number of halogens is 1. The average molecular weight is 628 g/mol. The molecule has 0 radical (unpaired) electrons. The Kier molecular flexibility index (Phi) is 8.07. The number of benzene rings is 4. The van der Waals surface area contributed by atoms with Crippen molar-refractivity contribution in [2.24, 2.45) is 0 Å². The van der Waals surface area contributed by atoms with Crippen molar-refractivity contribution >= 4 is 56.5 Å². The van der Waals surface area contributed by atoms with Crippen molar-refractivity contribution in [3.05, 3.63) is 113 Å². The van der Waals surface area contributed by atoms with E-state index in [1.807, 2.05) is 18.2 Å². The highest BCUT2D eigenvalue weighted by Gasteiger charge is 2.48. The minimum absolute atomic E-state index is 0.0696. The van der Waals surface area contributed by atoms with E-state index in [4.69, 9.17) is 9.47 Å². The lowest BCUT2D eigenvalue weighted by Crippen LogP contribution is -2.29. The molecule has 0 saturated carbocycles. The number of aliphatic hydroxyl groups excluding tert-OH is 1. The molecule has 1 aliphatic rings. The molecular formula is C33H26FN3O5S2. The maximum Gasteiger partial charge on any atom is 0.301 e. The molecule has 1 aromatic heterocycles. The molecule has 1 N–H and O–H groups in total. The number of ketones is 1. The maximum atomic E-state index is 14.5. The van der Waals surface area contributed by atoms with Gasteiger partial charge in [0.1, 0.15) is 11.6 Å². The summed E-state index contributed by atoms with van der Waals surface area (Å²) in [5.41, 5.74) is 1.82. The first kappa shape index (κ1) is 29.3. The molecule has 1 fully saturated rings. The van der Waals surface area contributed by atoms with Crippen molar-refractivity contribution in [3.8, 4) is 11.5 Å². The number of ether oxygens (including phenoxy) is 2. The quantitative estimate of drug-likeness (QED) is 0.0641. The van der Waals surface area contributed by atoms with Gasteiger partial charge in [-0.1, -0.05) is 83.8 Å². The van der Waals surface area contributed by atoms with Gasteiger partial charge in [0.05, 0.1) is 25.8 Å². The maximum absolute atomic E-state index is 14.5. The summed E-state index contributed by atoms with van der Waals surface area (Å²) in [5, 5.41) is 22.4. The molecule has 1 amide bonds. The number of fused-ring (bicyclic) bond motifs is 1. The van der Waals surface area contributed by atoms with E-state index in [2.05, 4.69) is 34.5 Å². The SMILES string of the molecule is COc1ccc(C2/C(=C(/O)c3ccc(C)c(F)c3)C(=O)C(=O)N2c2nnc(SCc3cccc4ccccc34)s2)cc1OC. The summed E-state index contributed by atoms with van der Waals surface area (Å²) in [6.45, 7) is 1.59. The molecule has 11 heteroatoms. The van der Waals surface area contributed by atoms with E-state index in [-0.39, 0.29) is 16.3 Å². The molecule has 44 heavy (non-hydrogen) atoms. The zero-order chi connectivity index (χ0) is 31.0. The standard InChI is InChI=1S/C33H26FN3O5S2/c1-18-11-12-21(15-24(18)34)29(38)27-28(20-13-14-25(41-2)26(16-20)42-3)37(31(40)30(27)39)32-35-36-33(44-32)43-17-22-9-6-8-19-7-4-5-10-23(19)22/h4-16,28,38H,17H2,1-3H3/b29-27-. The summed E-state index contributed by atoms with van der Waals surface area (Å²) < 4.78 is 25.9. The van der Waals surface area contributed by atoms with Crippen molar-refractivity contribution < 1.29 is 28.6 Å². The number of anilines is 1. The van der Waals surface area contributed by atoms with Gasteiger partial charge < -0.3 is 14.6 Å². The van der Waals surface area contributed by atoms with Crippen LogP contribution < -0.4 is 14.4 Å². The van der Waals surface area contributed by atoms with Crippen LogP contribution in [-0.4, -0.2) is 41.2 Å². The molecule has 222 valence electrons. The van der Waals surface area contributed by atoms with Gasteiger partial charge in [-0.25, -0.2) is 4.39 Å². The fourth-order valence-corrected chi connectivity index (χ4v) is 7.05. The van der Waals surface area contributed by atoms with Crippen LogP contribution in [0, 0.1) is 12.7 Å². The van der Waals surface area contributed by atoms with Crippen LogP contribution in [0.4, 0.5) is 9.52 Å². The first-order valence-corrected chi connectivity index (χ1v) is 15.3. The lowest BCUT2D eigenvalue weighted by atomic mass is 9.94. The number of thioether (sulfide) groups is 1. The Hall–Kier alpha value is -4.74. The fourth-order valence-electron chi connectivity index (χ4n) is 5.18. The number of hydrogen-bond donors (Lipinski definition) is 1. The summed E-state index contributed by atoms with van der Waals surface area (Å²) in [7, 11) is 2.96. The van der Waals surface area contributed by atoms with Crippen LogP contribution in [0.1, 0.15) is 28.3 Å². The summed E-state index contributed by atoms with van der Waals surface area (Å²) >= 11 is 2.63. The zero-order valence-corrected chi connectivity index (χ0v) is 25.5. The van der Waals surface area contributed by atoms with Crippen LogP contribution in [-0.2, 0) is 15.3 Å². The number of aliphatic hydroxyl groups is 1. The number of aromatic nitrogens is 2. The van der Waals surface area contributed by atoms with Gasteiger partial charge in [-0.3, -0.25) is 14.5 Å². The predicted octanol–water partition coefficient (Wildman–Crippen LogP) is 7.07. The number of methoxy groups -OCH3 is 2. The van der Waals surface area contributed by atoms with Crippen LogP contribution in [0.3, 0.4) is 0 Å². The van der Waals surface area contributed by atoms with Crippen molar-refractivity contribution in [2.45, 2.75) is 23.1 Å². The second kappa shape index (κ2) is 12.1. The number of carbonyl (C=O) groups is 2. The Morgan fingerprint density at radius 3 is 2.52 bits per heavy atom. The zero-order valence-electron chi connectivity index (χ0n) is 23.9. The number of carbonyl (C=O) groups excluding carboxylic acids is 2. The van der Waals surface area contributed by atoms with Crippen molar-refractivity contribution in [1.82, 2.24) is 10.2 Å². The monoisotopic (exact) mass is 627 g/mol. The van der Waals surface area contributed by atoms with E-state index >= 15 is 0 Å². The van der Waals surface area contributed by atoms with Gasteiger partial charge in [-0.2, -0.15) is 0 Å². The molecule has 2 heterocycles. The minimum Gasteiger partial charge on any atom is -0.507 e. The lowest BCUT2D eigenvalue weighted by Gasteiger charge is -2.23. The van der Waals surface area contributed by atoms with Crippen molar-refractivity contribution in [3.63, 3.8) is 0 Å². The molecule has 8 nitrogen and oxygen atoms in total. The van der Waals surface area contributed by atoms with Crippen molar-refractivity contribution in [1.29, 1.82) is 0 Å². The molecule has 4 aromatic carbocycles. The first-order valence-electron chi connectivity index (χ1n) is 13.5. The number of rotatable bonds is 8. The predicted molar refractivity (Wildman–Crippen MR) is 169 cm³/mol. The number of amides is 1. The lowest BCUT2D eigenvalue weighted by molar-refractivity contribution is -0.132. The van der Waals surface area contributed by atoms with Crippen LogP contribution in [0.2, 0.25) is 0 Å². The molecule has 0 bridgehead atoms. The van der Waals surface area contributed by atoms with E-state index in [0.29, 0.717) is 32.7 Å². The summed E-state index contributed by atoms with van der Waals surface area (Å²) in [5.74, 6) is -1.45. The van der Waals surface area contributed by atoms with Crippen LogP contribution >= 0.6 is 23.1 Å². The highest BCUT2D eigenvalue weighted by Crippen LogP contribution is 2.45. The van der Waals surface area contributed by atoms with Gasteiger partial charge in [0.25, 0.3) is 5.78 Å². The van der Waals surface area contributed by atoms with E-state index in [0.717, 1.165) is 33.7 Å². The van der Waals surface area contributed by atoms with E-state index < -0.39 is 29.3 Å². The van der Waals surface area contributed by atoms with Crippen LogP contribution in [0.15, 0.2) is 88.8 Å². The fraction of sp³-hybridized carbons (Fsp3) is 0.152. The minimum atomic E-state index is -1.09. The molecule has 0 aliphatic carbocycles. The second-order valence-corrected chi connectivity index (χ2v) is 12.2. The topological polar surface area (TPSA) is 102 Å². The molecule has 0 spiro atoms. The molecule has 5 aromatic rings. The van der Waals surface area contributed by atoms with Crippen molar-refractivity contribution in [2.75, 3.05) is 19.1 Å². The van der Waals surface area contributed by atoms with Crippen LogP contribution in [0.25, 0.3) is 16.5 Å². The molecule has 1 atom stereocenters. The van der Waals surface area contributed by atoms with Gasteiger partial charge in [-0.15, -0.1) is 10.2 Å². The number of aryl methyl sites for hydroxylation is 1. The Labute approximate surface area is 260 Å². The molecule has 1 saturated heterocycles. The van der Waals surface area contributed by atoms with E-state index in [1.165, 1.54) is 43.0 Å². The third-order valence-corrected chi connectivity index (χ3v) is 9.55. The smallest absolute Gasteiger partial charge is 0.301 e. The van der Waals surface area contributed by atoms with Crippen LogP contribution in [0.5, 0.6) is 11.5 Å². The third kappa shape index (κ3) is 5.29. The third-order valence-electron chi connectivity index (χ3n) is 7.45. The largest absolute Gasteiger partial charge is 0.507 e. The Morgan fingerprint density at radius 2 is 1.75 bits per heavy atom. The summed E-state index contributed by atoms with van der Waals surface area (Å²) in [4.78, 5) is 28.4. The van der Waals surface area contributed by atoms with Gasteiger partial charge in [-0.05, 0) is 52.6 Å². The first-order chi connectivity index (χ1) is 21.3. The Balaban J connectivity index is 1.41. The average Bonchev–Trinajstić information content (AvgIpc) is 3.62. The normalized spacial score (nSPS) is 16.1. The second-order valence-electron chi connectivity index (χ2n) is 10.0. The Morgan fingerprint density at radius 1 is 0.977 bits per heavy atom. The highest BCUT2D eigenvalue weighted by atomic mass is 32.2. The van der Waals surface area contributed by atoms with Gasteiger partial charge in [0, 0.05) is 11.3 Å². The molecule has 6 rings (SSSR count). The van der Waals surface area contributed by atoms with E-state index in [1.54, 1.807) is 25.1 Å². The molecular weight excluding hydrogens is 602 g/mol. The van der Waals surface area contributed by atoms with E-state index in [9.17, 15) is 19.1 Å². The van der Waals surface area contributed by atoms with Gasteiger partial charge in [0.2, 0.25) is 5.13 Å². The summed E-state index contributed by atoms with van der Waals surface area (Å²) in [6.07, 6.45) is 0. The number of hydrogen-bond acceptors (Lipinski definition) is 9. The molecule has 1 aliphatic heterocycles. The molecule has 1 unspecified atom stereocenters. The Bertz CT molecular complexity index is 1950. The number of Topliss-reactive ketones (excluding diaryl/α,β-unsaturated/α-hetero) is 1. The van der Waals surface area contributed by atoms with Gasteiger partial charge >= 0.3 is 5.91 Å². The highest BCUT2D eigenvalue weighted by molar-refractivity contribution is 8.00.